The van der Waals surface area contributed by atoms with Gasteiger partial charge in [-0.1, -0.05) is 32.0 Å². The van der Waals surface area contributed by atoms with E-state index < -0.39 is 6.04 Å². The lowest BCUT2D eigenvalue weighted by atomic mass is 9.93. The van der Waals surface area contributed by atoms with Crippen molar-refractivity contribution in [3.8, 4) is 0 Å². The Kier molecular flexibility index (Phi) is 6.96. The van der Waals surface area contributed by atoms with Crippen molar-refractivity contribution >= 4 is 35.1 Å². The molecule has 0 aliphatic rings. The molecule has 7 nitrogen and oxygen atoms in total. The van der Waals surface area contributed by atoms with E-state index in [1.165, 1.54) is 0 Å². The van der Waals surface area contributed by atoms with Gasteiger partial charge in [-0.3, -0.25) is 14.7 Å². The number of benzene rings is 1. The number of hydrogen-bond donors (Lipinski definition) is 3. The Morgan fingerprint density at radius 3 is 2.64 bits per heavy atom. The third kappa shape index (κ3) is 4.93. The molecule has 1 aromatic carbocycles. The molecule has 25 heavy (non-hydrogen) atoms. The van der Waals surface area contributed by atoms with E-state index in [4.69, 9.17) is 5.73 Å². The Balaban J connectivity index is 0.00000312. The van der Waals surface area contributed by atoms with Crippen molar-refractivity contribution in [2.24, 2.45) is 11.1 Å². The van der Waals surface area contributed by atoms with Crippen LogP contribution in [0, 0.1) is 5.41 Å². The highest BCUT2D eigenvalue weighted by Crippen LogP contribution is 2.16. The van der Waals surface area contributed by atoms with Gasteiger partial charge >= 0.3 is 0 Å². The molecule has 0 bridgehead atoms. The maximum absolute atomic E-state index is 12.4. The second-order valence-electron chi connectivity index (χ2n) is 6.88. The summed E-state index contributed by atoms with van der Waals surface area (Å²) in [6, 6.07) is 6.72. The second-order valence-corrected chi connectivity index (χ2v) is 6.88. The highest BCUT2D eigenvalue weighted by molar-refractivity contribution is 6.05. The number of nitrogens with two attached hydrogens (primary N) is 1. The molecule has 0 fully saturated rings. The highest BCUT2D eigenvalue weighted by atomic mass is 35.5. The van der Waals surface area contributed by atoms with E-state index in [1.54, 1.807) is 18.9 Å². The smallest absolute Gasteiger partial charge is 0.273 e. The van der Waals surface area contributed by atoms with Gasteiger partial charge in [0.2, 0.25) is 5.91 Å². The predicted molar refractivity (Wildman–Crippen MR) is 101 cm³/mol. The van der Waals surface area contributed by atoms with Crippen LogP contribution >= 0.6 is 12.4 Å². The number of H-pyrrole nitrogens is 1. The fourth-order valence-electron chi connectivity index (χ4n) is 2.58. The zero-order valence-electron chi connectivity index (χ0n) is 15.0. The molecule has 0 saturated heterocycles. The van der Waals surface area contributed by atoms with Crippen molar-refractivity contribution in [3.05, 3.63) is 30.0 Å². The van der Waals surface area contributed by atoms with E-state index in [0.29, 0.717) is 13.1 Å². The van der Waals surface area contributed by atoms with E-state index in [0.717, 1.165) is 10.9 Å². The number of fused-ring (bicyclic) bond motifs is 1. The van der Waals surface area contributed by atoms with Gasteiger partial charge in [0.25, 0.3) is 5.91 Å². The van der Waals surface area contributed by atoms with Gasteiger partial charge in [-0.25, -0.2) is 0 Å². The minimum Gasteiger partial charge on any atom is -0.343 e. The highest BCUT2D eigenvalue weighted by Gasteiger charge is 2.26. The lowest BCUT2D eigenvalue weighted by Crippen LogP contribution is -2.48. The second kappa shape index (κ2) is 8.31. The fourth-order valence-corrected chi connectivity index (χ4v) is 2.58. The summed E-state index contributed by atoms with van der Waals surface area (Å²) in [5.74, 6) is -0.537. The summed E-state index contributed by atoms with van der Waals surface area (Å²) in [5, 5.41) is 10.3. The van der Waals surface area contributed by atoms with Crippen molar-refractivity contribution in [2.75, 3.05) is 20.1 Å². The Morgan fingerprint density at radius 1 is 1.36 bits per heavy atom. The van der Waals surface area contributed by atoms with Crippen LogP contribution in [0.1, 0.15) is 31.3 Å². The van der Waals surface area contributed by atoms with E-state index in [1.807, 2.05) is 38.1 Å². The molecule has 1 unspecified atom stereocenters. The lowest BCUT2D eigenvalue weighted by Gasteiger charge is -2.30. The number of aromatic nitrogens is 2. The molecule has 0 aliphatic carbocycles. The van der Waals surface area contributed by atoms with Gasteiger partial charge in [0.1, 0.15) is 6.04 Å². The van der Waals surface area contributed by atoms with Gasteiger partial charge in [0.05, 0.1) is 5.52 Å². The number of nitrogens with one attached hydrogen (secondary N) is 2. The van der Waals surface area contributed by atoms with Crippen molar-refractivity contribution < 1.29 is 9.59 Å². The van der Waals surface area contributed by atoms with Gasteiger partial charge in [-0.05, 0) is 24.9 Å². The molecule has 0 spiro atoms. The van der Waals surface area contributed by atoms with Gasteiger partial charge in [-0.2, -0.15) is 5.10 Å². The molecule has 0 saturated carbocycles. The van der Waals surface area contributed by atoms with Crippen LogP contribution in [0.4, 0.5) is 0 Å². The summed E-state index contributed by atoms with van der Waals surface area (Å²) >= 11 is 0. The number of amides is 2. The summed E-state index contributed by atoms with van der Waals surface area (Å²) in [6.07, 6.45) is 0. The average molecular weight is 368 g/mol. The third-order valence-corrected chi connectivity index (χ3v) is 4.00. The molecule has 8 heteroatoms. The first kappa shape index (κ1) is 20.9. The standard InChI is InChI=1S/C17H25N5O2.ClH/c1-11(16(24)22(4)10-17(2,3)9-18)19-15(23)14-12-7-5-6-8-13(12)20-21-14;/h5-8,11H,9-10,18H2,1-4H3,(H,19,23)(H,20,21);1H. The van der Waals surface area contributed by atoms with Crippen molar-refractivity contribution in [1.29, 1.82) is 0 Å². The fraction of sp³-hybridized carbons (Fsp3) is 0.471. The summed E-state index contributed by atoms with van der Waals surface area (Å²) in [4.78, 5) is 26.5. The molecule has 4 N–H and O–H groups in total. The number of halogens is 1. The monoisotopic (exact) mass is 367 g/mol. The van der Waals surface area contributed by atoms with Crippen molar-refractivity contribution in [1.82, 2.24) is 20.4 Å². The molecule has 1 atom stereocenters. The van der Waals surface area contributed by atoms with Crippen LogP contribution in [0.3, 0.4) is 0 Å². The minimum absolute atomic E-state index is 0. The Hall–Kier alpha value is -2.12. The summed E-state index contributed by atoms with van der Waals surface area (Å²) in [5.41, 5.74) is 6.60. The van der Waals surface area contributed by atoms with Crippen LogP contribution in [0.25, 0.3) is 10.9 Å². The van der Waals surface area contributed by atoms with E-state index >= 15 is 0 Å². The predicted octanol–water partition coefficient (Wildman–Crippen LogP) is 1.55. The maximum atomic E-state index is 12.4. The Bertz CT molecular complexity index is 743. The summed E-state index contributed by atoms with van der Waals surface area (Å²) in [7, 11) is 1.71. The van der Waals surface area contributed by atoms with Gasteiger partial charge in [-0.15, -0.1) is 12.4 Å². The van der Waals surface area contributed by atoms with E-state index in [-0.39, 0.29) is 35.3 Å². The number of hydrogen-bond acceptors (Lipinski definition) is 4. The molecule has 0 radical (unpaired) electrons. The van der Waals surface area contributed by atoms with Gasteiger partial charge in [0.15, 0.2) is 5.69 Å². The topological polar surface area (TPSA) is 104 Å². The largest absolute Gasteiger partial charge is 0.343 e. The molecular weight excluding hydrogens is 342 g/mol. The number of carbonyl (C=O) groups excluding carboxylic acids is 2. The molecule has 0 aliphatic heterocycles. The molecule has 2 aromatic rings. The normalized spacial score (nSPS) is 12.4. The number of rotatable bonds is 6. The SMILES string of the molecule is CC(NC(=O)c1n[nH]c2ccccc12)C(=O)N(C)CC(C)(C)CN.Cl. The van der Waals surface area contributed by atoms with Crippen molar-refractivity contribution in [3.63, 3.8) is 0 Å². The first-order chi connectivity index (χ1) is 11.2. The Labute approximate surface area is 153 Å². The zero-order valence-corrected chi connectivity index (χ0v) is 15.8. The molecule has 138 valence electrons. The first-order valence-corrected chi connectivity index (χ1v) is 7.94. The van der Waals surface area contributed by atoms with Crippen LogP contribution in [0.2, 0.25) is 0 Å². The van der Waals surface area contributed by atoms with E-state index in [2.05, 4.69) is 15.5 Å². The Morgan fingerprint density at radius 2 is 2.00 bits per heavy atom. The van der Waals surface area contributed by atoms with Gasteiger partial charge in [0, 0.05) is 19.0 Å². The van der Waals surface area contributed by atoms with Crippen molar-refractivity contribution in [2.45, 2.75) is 26.8 Å². The van der Waals surface area contributed by atoms with Gasteiger partial charge < -0.3 is 16.0 Å². The molecule has 2 rings (SSSR count). The first-order valence-electron chi connectivity index (χ1n) is 7.94. The molecule has 2 amide bonds. The van der Waals surface area contributed by atoms with E-state index in [9.17, 15) is 9.59 Å². The van der Waals surface area contributed by atoms with Crippen LogP contribution in [0.5, 0.6) is 0 Å². The molecular formula is C17H26ClN5O2. The van der Waals surface area contributed by atoms with Crippen LogP contribution in [-0.4, -0.2) is 53.1 Å². The maximum Gasteiger partial charge on any atom is 0.273 e. The van der Waals surface area contributed by atoms with Crippen LogP contribution in [0.15, 0.2) is 24.3 Å². The third-order valence-electron chi connectivity index (χ3n) is 4.00. The summed E-state index contributed by atoms with van der Waals surface area (Å²) in [6.45, 7) is 6.66. The molecule has 1 aromatic heterocycles. The number of para-hydroxylation sites is 1. The summed E-state index contributed by atoms with van der Waals surface area (Å²) < 4.78 is 0. The van der Waals surface area contributed by atoms with Crippen LogP contribution < -0.4 is 11.1 Å². The lowest BCUT2D eigenvalue weighted by molar-refractivity contribution is -0.132. The quantitative estimate of drug-likeness (QED) is 0.720. The number of aromatic amines is 1. The average Bonchev–Trinajstić information content (AvgIpc) is 2.97. The number of nitrogens with zero attached hydrogens (tertiary/aromatic N) is 2. The number of likely N-dealkylation sites (N-methyl/N-ethyl adjacent to an activating group) is 1. The minimum atomic E-state index is -0.647. The van der Waals surface area contributed by atoms with Crippen LogP contribution in [-0.2, 0) is 4.79 Å². The molecule has 1 heterocycles. The zero-order chi connectivity index (χ0) is 17.9. The number of carbonyl (C=O) groups is 2.